The van der Waals surface area contributed by atoms with E-state index >= 15 is 0 Å². The van der Waals surface area contributed by atoms with Crippen molar-refractivity contribution in [3.8, 4) is 0 Å². The number of oxazole rings is 1. The van der Waals surface area contributed by atoms with Gasteiger partial charge in [-0.1, -0.05) is 54.1 Å². The molecule has 0 amide bonds. The van der Waals surface area contributed by atoms with Gasteiger partial charge in [-0.3, -0.25) is 4.99 Å². The van der Waals surface area contributed by atoms with Gasteiger partial charge in [-0.25, -0.2) is 4.98 Å². The molecule has 0 spiro atoms. The average molecular weight is 360 g/mol. The molecule has 4 rings (SSSR count). The third-order valence-corrected chi connectivity index (χ3v) is 4.62. The first-order valence-electron chi connectivity index (χ1n) is 7.29. The van der Waals surface area contributed by atoms with Crippen LogP contribution >= 0.6 is 24.0 Å². The summed E-state index contributed by atoms with van der Waals surface area (Å²) in [5, 5.41) is 2.37. The van der Waals surface area contributed by atoms with Crippen molar-refractivity contribution in [1.29, 1.82) is 0 Å². The number of benzene rings is 2. The molecule has 2 N–H and O–H groups in total. The Morgan fingerprint density at radius 3 is 2.46 bits per heavy atom. The Bertz CT molecular complexity index is 968. The number of hydrogen-bond acceptors (Lipinski definition) is 4. The van der Waals surface area contributed by atoms with Gasteiger partial charge in [0.25, 0.3) is 0 Å². The monoisotopic (exact) mass is 359 g/mol. The van der Waals surface area contributed by atoms with Crippen LogP contribution in [-0.2, 0) is 12.1 Å². The van der Waals surface area contributed by atoms with Crippen molar-refractivity contribution in [3.05, 3.63) is 88.6 Å². The number of para-hydroxylation sites is 1. The molecule has 2 heterocycles. The van der Waals surface area contributed by atoms with Gasteiger partial charge in [0.2, 0.25) is 0 Å². The second-order valence-electron chi connectivity index (χ2n) is 5.42. The van der Waals surface area contributed by atoms with Gasteiger partial charge < -0.3 is 10.2 Å². The first-order chi connectivity index (χ1) is 11.3. The van der Waals surface area contributed by atoms with Gasteiger partial charge in [-0.2, -0.15) is 0 Å². The van der Waals surface area contributed by atoms with E-state index in [-0.39, 0.29) is 12.4 Å². The standard InChI is InChI=1S/C18H14ClN3O.ClH/c19-17-14-3-1-2-4-15(14)22-18(17,16-10-21-11-23-16)13-7-5-12(9-20)6-8-13;/h1-8,10-11H,9,20H2;1H. The van der Waals surface area contributed by atoms with Gasteiger partial charge in [-0.05, 0) is 17.2 Å². The Morgan fingerprint density at radius 1 is 1.08 bits per heavy atom. The van der Waals surface area contributed by atoms with Crippen LogP contribution in [-0.4, -0.2) is 4.98 Å². The third-order valence-electron chi connectivity index (χ3n) is 4.14. The van der Waals surface area contributed by atoms with E-state index < -0.39 is 5.54 Å². The summed E-state index contributed by atoms with van der Waals surface area (Å²) >= 11 is 6.78. The highest BCUT2D eigenvalue weighted by Gasteiger charge is 2.43. The number of aromatic nitrogens is 1. The number of hydrogen-bond donors (Lipinski definition) is 1. The molecule has 0 radical (unpaired) electrons. The van der Waals surface area contributed by atoms with E-state index in [1.165, 1.54) is 6.39 Å². The molecule has 1 unspecified atom stereocenters. The van der Waals surface area contributed by atoms with Crippen LogP contribution in [0.25, 0.3) is 5.03 Å². The van der Waals surface area contributed by atoms with Crippen LogP contribution in [0.5, 0.6) is 0 Å². The van der Waals surface area contributed by atoms with Gasteiger partial charge >= 0.3 is 0 Å². The molecule has 0 saturated heterocycles. The van der Waals surface area contributed by atoms with Gasteiger partial charge in [0.15, 0.2) is 17.7 Å². The van der Waals surface area contributed by atoms with E-state index in [0.29, 0.717) is 17.3 Å². The summed E-state index contributed by atoms with van der Waals surface area (Å²) in [4.78, 5) is 8.95. The molecule has 122 valence electrons. The number of nitrogens with two attached hydrogens (primary N) is 1. The number of halogens is 2. The maximum atomic E-state index is 6.78. The Hall–Kier alpha value is -2.14. The van der Waals surface area contributed by atoms with Crippen LogP contribution in [0.2, 0.25) is 0 Å². The molecular weight excluding hydrogens is 345 g/mol. The predicted octanol–water partition coefficient (Wildman–Crippen LogP) is 2.48. The predicted molar refractivity (Wildman–Crippen MR) is 95.3 cm³/mol. The van der Waals surface area contributed by atoms with Crippen molar-refractivity contribution < 1.29 is 4.42 Å². The number of nitrogens with zero attached hydrogens (tertiary/aromatic N) is 2. The van der Waals surface area contributed by atoms with E-state index in [0.717, 1.165) is 21.7 Å². The SMILES string of the molecule is Cl.NCc1ccc(C2(c3cnco3)N=c3ccccc3=C2Cl)cc1. The number of fused-ring (bicyclic) bond motifs is 1. The average Bonchev–Trinajstić information content (AvgIpc) is 3.23. The molecule has 0 fully saturated rings. The zero-order valence-electron chi connectivity index (χ0n) is 12.6. The van der Waals surface area contributed by atoms with Gasteiger partial charge in [0.1, 0.15) is 0 Å². The van der Waals surface area contributed by atoms with Crippen molar-refractivity contribution in [2.24, 2.45) is 10.7 Å². The minimum atomic E-state index is -0.894. The Balaban J connectivity index is 0.00000169. The van der Waals surface area contributed by atoms with Crippen molar-refractivity contribution in [2.75, 3.05) is 0 Å². The Morgan fingerprint density at radius 2 is 1.83 bits per heavy atom. The lowest BCUT2D eigenvalue weighted by Crippen LogP contribution is -2.24. The Kier molecular flexibility index (Phi) is 4.45. The second kappa shape index (κ2) is 6.40. The van der Waals surface area contributed by atoms with E-state index in [1.54, 1.807) is 6.20 Å². The lowest BCUT2D eigenvalue weighted by atomic mass is 9.87. The van der Waals surface area contributed by atoms with Crippen LogP contribution < -0.4 is 16.3 Å². The summed E-state index contributed by atoms with van der Waals surface area (Å²) in [6, 6.07) is 15.8. The molecule has 0 bridgehead atoms. The molecule has 1 aliphatic heterocycles. The maximum absolute atomic E-state index is 6.78. The quantitative estimate of drug-likeness (QED) is 0.781. The second-order valence-corrected chi connectivity index (χ2v) is 5.80. The van der Waals surface area contributed by atoms with Crippen molar-refractivity contribution in [1.82, 2.24) is 4.98 Å². The fraction of sp³-hybridized carbons (Fsp3) is 0.111. The highest BCUT2D eigenvalue weighted by Crippen LogP contribution is 2.43. The fourth-order valence-corrected chi connectivity index (χ4v) is 3.36. The highest BCUT2D eigenvalue weighted by atomic mass is 35.5. The first kappa shape index (κ1) is 16.7. The van der Waals surface area contributed by atoms with E-state index in [4.69, 9.17) is 26.7 Å². The molecule has 24 heavy (non-hydrogen) atoms. The first-order valence-corrected chi connectivity index (χ1v) is 7.67. The van der Waals surface area contributed by atoms with Crippen LogP contribution in [0.3, 0.4) is 0 Å². The normalized spacial score (nSPS) is 18.7. The van der Waals surface area contributed by atoms with Crippen LogP contribution in [0.4, 0.5) is 0 Å². The topological polar surface area (TPSA) is 64.4 Å². The minimum Gasteiger partial charge on any atom is -0.445 e. The van der Waals surface area contributed by atoms with Crippen LogP contribution in [0.1, 0.15) is 16.9 Å². The zero-order chi connectivity index (χ0) is 15.9. The van der Waals surface area contributed by atoms with E-state index in [1.807, 2.05) is 48.5 Å². The molecule has 4 nitrogen and oxygen atoms in total. The molecule has 1 aromatic heterocycles. The molecule has 3 aromatic rings. The molecular formula is C18H15Cl2N3O. The highest BCUT2D eigenvalue weighted by molar-refractivity contribution is 6.47. The smallest absolute Gasteiger partial charge is 0.181 e. The molecule has 1 atom stereocenters. The summed E-state index contributed by atoms with van der Waals surface area (Å²) in [5.41, 5.74) is 6.77. The maximum Gasteiger partial charge on any atom is 0.181 e. The van der Waals surface area contributed by atoms with Crippen molar-refractivity contribution in [3.63, 3.8) is 0 Å². The molecule has 0 aliphatic carbocycles. The molecule has 2 aromatic carbocycles. The summed E-state index contributed by atoms with van der Waals surface area (Å²) in [5.74, 6) is 0.596. The van der Waals surface area contributed by atoms with Crippen molar-refractivity contribution in [2.45, 2.75) is 12.1 Å². The van der Waals surface area contributed by atoms with Gasteiger partial charge in [0, 0.05) is 11.8 Å². The number of rotatable bonds is 3. The van der Waals surface area contributed by atoms with Crippen molar-refractivity contribution >= 4 is 29.0 Å². The summed E-state index contributed by atoms with van der Waals surface area (Å²) < 4.78 is 5.60. The molecule has 0 saturated carbocycles. The van der Waals surface area contributed by atoms with Crippen LogP contribution in [0, 0.1) is 0 Å². The van der Waals surface area contributed by atoms with Gasteiger partial charge in [0.05, 0.1) is 16.6 Å². The van der Waals surface area contributed by atoms with Crippen LogP contribution in [0.15, 0.2) is 70.5 Å². The fourth-order valence-electron chi connectivity index (χ4n) is 2.95. The Labute approximate surface area is 150 Å². The molecule has 1 aliphatic rings. The zero-order valence-corrected chi connectivity index (χ0v) is 14.2. The summed E-state index contributed by atoms with van der Waals surface area (Å²) in [7, 11) is 0. The van der Waals surface area contributed by atoms with E-state index in [2.05, 4.69) is 4.98 Å². The summed E-state index contributed by atoms with van der Waals surface area (Å²) in [6.07, 6.45) is 3.06. The lowest BCUT2D eigenvalue weighted by Gasteiger charge is -2.25. The minimum absolute atomic E-state index is 0. The summed E-state index contributed by atoms with van der Waals surface area (Å²) in [6.45, 7) is 0.490. The van der Waals surface area contributed by atoms with E-state index in [9.17, 15) is 0 Å². The lowest BCUT2D eigenvalue weighted by molar-refractivity contribution is 0.450. The largest absolute Gasteiger partial charge is 0.445 e. The third kappa shape index (κ3) is 2.35. The molecule has 6 heteroatoms. The van der Waals surface area contributed by atoms with Gasteiger partial charge in [-0.15, -0.1) is 12.4 Å².